The first-order valence-corrected chi connectivity index (χ1v) is 12.2. The molecule has 3 aromatic carbocycles. The second-order valence-corrected chi connectivity index (χ2v) is 9.15. The van der Waals surface area contributed by atoms with E-state index >= 15 is 0 Å². The summed E-state index contributed by atoms with van der Waals surface area (Å²) in [7, 11) is 0. The van der Waals surface area contributed by atoms with Gasteiger partial charge in [-0.1, -0.05) is 43.0 Å². The molecule has 6 nitrogen and oxygen atoms in total. The topological polar surface area (TPSA) is 81.1 Å². The number of benzene rings is 3. The zero-order valence-electron chi connectivity index (χ0n) is 18.7. The molecular weight excluding hydrogens is 446 g/mol. The van der Waals surface area contributed by atoms with Gasteiger partial charge in [-0.3, -0.25) is 19.0 Å². The highest BCUT2D eigenvalue weighted by molar-refractivity contribution is 7.99. The van der Waals surface area contributed by atoms with Crippen LogP contribution in [-0.2, 0) is 17.6 Å². The number of amides is 1. The van der Waals surface area contributed by atoms with Crippen molar-refractivity contribution in [3.63, 3.8) is 0 Å². The van der Waals surface area contributed by atoms with Gasteiger partial charge in [0.15, 0.2) is 10.9 Å². The fraction of sp³-hybridized carbons (Fsp3) is 0.185. The maximum Gasteiger partial charge on any atom is 0.266 e. The molecule has 0 spiro atoms. The fourth-order valence-electron chi connectivity index (χ4n) is 4.09. The molecule has 2 heterocycles. The molecule has 1 aromatic heterocycles. The SMILES string of the molecule is CCc1ccc(-n2c(SCC(=O)c3ccc4c(c3)CCC(=O)N4)nc3ccccc3c2=O)cc1. The lowest BCUT2D eigenvalue weighted by Gasteiger charge is -2.17. The van der Waals surface area contributed by atoms with Gasteiger partial charge < -0.3 is 5.32 Å². The number of ketones is 1. The molecule has 0 saturated carbocycles. The van der Waals surface area contributed by atoms with E-state index in [1.165, 1.54) is 17.3 Å². The summed E-state index contributed by atoms with van der Waals surface area (Å²) in [5, 5.41) is 3.85. The summed E-state index contributed by atoms with van der Waals surface area (Å²) in [6, 6.07) is 20.5. The first kappa shape index (κ1) is 22.1. The Hall–Kier alpha value is -3.71. The minimum absolute atomic E-state index is 0.00514. The number of Topliss-reactive ketones (excluding diaryl/α,β-unsaturated/α-hetero) is 1. The van der Waals surface area contributed by atoms with Gasteiger partial charge in [-0.2, -0.15) is 0 Å². The summed E-state index contributed by atoms with van der Waals surface area (Å²) in [6.07, 6.45) is 1.95. The minimum Gasteiger partial charge on any atom is -0.326 e. The van der Waals surface area contributed by atoms with Crippen LogP contribution < -0.4 is 10.9 Å². The molecule has 0 bridgehead atoms. The molecule has 1 N–H and O–H groups in total. The summed E-state index contributed by atoms with van der Waals surface area (Å²) < 4.78 is 1.59. The van der Waals surface area contributed by atoms with E-state index in [-0.39, 0.29) is 23.0 Å². The second-order valence-electron chi connectivity index (χ2n) is 8.20. The molecule has 4 aromatic rings. The van der Waals surface area contributed by atoms with Crippen molar-refractivity contribution < 1.29 is 9.59 Å². The van der Waals surface area contributed by atoms with Gasteiger partial charge in [0, 0.05) is 17.7 Å². The lowest BCUT2D eigenvalue weighted by molar-refractivity contribution is -0.116. The van der Waals surface area contributed by atoms with Crippen molar-refractivity contribution in [3.05, 3.63) is 93.8 Å². The van der Waals surface area contributed by atoms with Gasteiger partial charge in [0.25, 0.3) is 5.56 Å². The van der Waals surface area contributed by atoms with Crippen LogP contribution in [0.1, 0.15) is 34.8 Å². The van der Waals surface area contributed by atoms with Crippen molar-refractivity contribution in [2.75, 3.05) is 11.1 Å². The predicted molar refractivity (Wildman–Crippen MR) is 135 cm³/mol. The molecular formula is C27H23N3O3S. The Morgan fingerprint density at radius 1 is 1.03 bits per heavy atom. The number of carbonyl (C=O) groups is 2. The van der Waals surface area contributed by atoms with Gasteiger partial charge in [-0.15, -0.1) is 0 Å². The number of hydrogen-bond donors (Lipinski definition) is 1. The number of nitrogens with zero attached hydrogens (tertiary/aromatic N) is 2. The number of rotatable bonds is 6. The number of hydrogen-bond acceptors (Lipinski definition) is 5. The minimum atomic E-state index is -0.158. The van der Waals surface area contributed by atoms with Crippen molar-refractivity contribution in [1.82, 2.24) is 9.55 Å². The van der Waals surface area contributed by atoms with Gasteiger partial charge in [0.2, 0.25) is 5.91 Å². The zero-order chi connectivity index (χ0) is 23.7. The van der Waals surface area contributed by atoms with E-state index < -0.39 is 0 Å². The third-order valence-corrected chi connectivity index (χ3v) is 6.94. The third-order valence-electron chi connectivity index (χ3n) is 6.00. The zero-order valence-corrected chi connectivity index (χ0v) is 19.5. The molecule has 1 amide bonds. The van der Waals surface area contributed by atoms with Crippen LogP contribution in [0, 0.1) is 0 Å². The second kappa shape index (κ2) is 9.27. The number of anilines is 1. The summed E-state index contributed by atoms with van der Waals surface area (Å²) in [4.78, 5) is 42.7. The first-order chi connectivity index (χ1) is 16.5. The molecule has 7 heteroatoms. The molecule has 5 rings (SSSR count). The van der Waals surface area contributed by atoms with E-state index in [0.29, 0.717) is 34.5 Å². The predicted octanol–water partition coefficient (Wildman–Crippen LogP) is 4.81. The molecule has 34 heavy (non-hydrogen) atoms. The Morgan fingerprint density at radius 2 is 1.82 bits per heavy atom. The van der Waals surface area contributed by atoms with Crippen molar-refractivity contribution in [1.29, 1.82) is 0 Å². The van der Waals surface area contributed by atoms with Gasteiger partial charge >= 0.3 is 0 Å². The molecule has 0 radical (unpaired) electrons. The summed E-state index contributed by atoms with van der Waals surface area (Å²) in [5.41, 5.74) is 4.67. The fourth-order valence-corrected chi connectivity index (χ4v) is 5.00. The van der Waals surface area contributed by atoms with Crippen LogP contribution in [0.15, 0.2) is 76.7 Å². The summed E-state index contributed by atoms with van der Waals surface area (Å²) in [6.45, 7) is 2.08. The van der Waals surface area contributed by atoms with Crippen LogP contribution in [0.5, 0.6) is 0 Å². The Bertz CT molecular complexity index is 1480. The highest BCUT2D eigenvalue weighted by Crippen LogP contribution is 2.26. The molecule has 0 saturated heterocycles. The normalized spacial score (nSPS) is 12.9. The van der Waals surface area contributed by atoms with Gasteiger partial charge in [0.05, 0.1) is 22.3 Å². The van der Waals surface area contributed by atoms with E-state index in [0.717, 1.165) is 23.4 Å². The lowest BCUT2D eigenvalue weighted by atomic mass is 9.99. The number of fused-ring (bicyclic) bond motifs is 2. The van der Waals surface area contributed by atoms with E-state index in [1.54, 1.807) is 22.8 Å². The Labute approximate surface area is 201 Å². The van der Waals surface area contributed by atoms with Crippen LogP contribution in [0.25, 0.3) is 16.6 Å². The van der Waals surface area contributed by atoms with E-state index in [2.05, 4.69) is 12.2 Å². The monoisotopic (exact) mass is 469 g/mol. The Morgan fingerprint density at radius 3 is 2.62 bits per heavy atom. The maximum atomic E-state index is 13.4. The van der Waals surface area contributed by atoms with E-state index in [1.807, 2.05) is 48.5 Å². The van der Waals surface area contributed by atoms with Crippen LogP contribution >= 0.6 is 11.8 Å². The largest absolute Gasteiger partial charge is 0.326 e. The molecule has 1 aliphatic heterocycles. The average Bonchev–Trinajstić information content (AvgIpc) is 2.87. The lowest BCUT2D eigenvalue weighted by Crippen LogP contribution is -2.22. The number of nitrogens with one attached hydrogen (secondary N) is 1. The number of thioether (sulfide) groups is 1. The van der Waals surface area contributed by atoms with Gasteiger partial charge in [0.1, 0.15) is 0 Å². The quantitative estimate of drug-likeness (QED) is 0.249. The standard InChI is InChI=1S/C27H23N3O3S/c1-2-17-7-11-20(12-8-17)30-26(33)21-5-3-4-6-23(21)29-27(30)34-16-24(31)19-9-13-22-18(15-19)10-14-25(32)28-22/h3-9,11-13,15H,2,10,14,16H2,1H3,(H,28,32). The molecule has 0 atom stereocenters. The van der Waals surface area contributed by atoms with Crippen molar-refractivity contribution in [3.8, 4) is 5.69 Å². The number of aryl methyl sites for hydroxylation is 2. The van der Waals surface area contributed by atoms with Crippen LogP contribution in [-0.4, -0.2) is 27.0 Å². The maximum absolute atomic E-state index is 13.4. The van der Waals surface area contributed by atoms with Crippen LogP contribution in [0.3, 0.4) is 0 Å². The van der Waals surface area contributed by atoms with Crippen LogP contribution in [0.4, 0.5) is 5.69 Å². The highest BCUT2D eigenvalue weighted by Gasteiger charge is 2.19. The summed E-state index contributed by atoms with van der Waals surface area (Å²) >= 11 is 1.25. The number of para-hydroxylation sites is 1. The highest BCUT2D eigenvalue weighted by atomic mass is 32.2. The molecule has 0 unspecified atom stereocenters. The average molecular weight is 470 g/mol. The van der Waals surface area contributed by atoms with Gasteiger partial charge in [-0.05, 0) is 66.4 Å². The van der Waals surface area contributed by atoms with Crippen LogP contribution in [0.2, 0.25) is 0 Å². The number of carbonyl (C=O) groups excluding carboxylic acids is 2. The van der Waals surface area contributed by atoms with Crippen molar-refractivity contribution >= 4 is 40.0 Å². The summed E-state index contributed by atoms with van der Waals surface area (Å²) in [5.74, 6) is 0.0811. The molecule has 0 fully saturated rings. The molecule has 1 aliphatic rings. The van der Waals surface area contributed by atoms with E-state index in [9.17, 15) is 14.4 Å². The molecule has 170 valence electrons. The number of aromatic nitrogens is 2. The third kappa shape index (κ3) is 4.26. The Kier molecular flexibility index (Phi) is 6.02. The smallest absolute Gasteiger partial charge is 0.266 e. The molecule has 0 aliphatic carbocycles. The Balaban J connectivity index is 1.47. The van der Waals surface area contributed by atoms with Gasteiger partial charge in [-0.25, -0.2) is 4.98 Å². The first-order valence-electron chi connectivity index (χ1n) is 11.2. The van der Waals surface area contributed by atoms with Crippen molar-refractivity contribution in [2.45, 2.75) is 31.3 Å². The van der Waals surface area contributed by atoms with Crippen molar-refractivity contribution in [2.24, 2.45) is 0 Å². The van der Waals surface area contributed by atoms with E-state index in [4.69, 9.17) is 4.98 Å².